The Morgan fingerprint density at radius 1 is 0.980 bits per heavy atom. The molecule has 3 aromatic rings. The van der Waals surface area contributed by atoms with E-state index in [0.29, 0.717) is 49.1 Å². The van der Waals surface area contributed by atoms with E-state index in [-0.39, 0.29) is 18.2 Å². The standard InChI is InChI=1S/C24H26ClN7O3S.2C2HF3O2/c1-36(34,35)32-7-6-16(14-32)9-22(33)30-21-5-4-18-10-17(21)3-2-15-8-19(12-26-11-15)29-24-27-13-20(25)23(28-18)31-24;2*3-2(4,5)1(6)7/h4-5,8,10-13,16H,2-3,6-7,9,14H2,1H3,(H,30,33)(H2,27,28,29,31);2*(H,6,7). The quantitative estimate of drug-likeness (QED) is 0.224. The van der Waals surface area contributed by atoms with Gasteiger partial charge in [-0.1, -0.05) is 11.6 Å². The van der Waals surface area contributed by atoms with Crippen LogP contribution in [0.25, 0.3) is 0 Å². The van der Waals surface area contributed by atoms with Crippen molar-refractivity contribution in [1.82, 2.24) is 19.3 Å². The lowest BCUT2D eigenvalue weighted by atomic mass is 10.0. The van der Waals surface area contributed by atoms with E-state index in [1.54, 1.807) is 6.20 Å². The molecular formula is C28H28ClF6N7O7S. The second-order valence-electron chi connectivity index (χ2n) is 10.7. The molecule has 0 radical (unpaired) electrons. The molecule has 6 bridgehead atoms. The number of carboxylic acid groups (broad SMARTS) is 2. The van der Waals surface area contributed by atoms with Crippen LogP contribution in [0.1, 0.15) is 24.0 Å². The number of hydrogen-bond donors (Lipinski definition) is 5. The Balaban J connectivity index is 0.000000408. The number of hydrogen-bond acceptors (Lipinski definition) is 10. The monoisotopic (exact) mass is 755 g/mol. The van der Waals surface area contributed by atoms with E-state index in [4.69, 9.17) is 31.4 Å². The van der Waals surface area contributed by atoms with Crippen molar-refractivity contribution < 1.29 is 59.4 Å². The molecule has 4 heterocycles. The second-order valence-corrected chi connectivity index (χ2v) is 13.1. The van der Waals surface area contributed by atoms with Gasteiger partial charge in [-0.2, -0.15) is 31.3 Å². The molecule has 2 aliphatic heterocycles. The van der Waals surface area contributed by atoms with Gasteiger partial charge in [-0.3, -0.25) is 9.78 Å². The molecule has 1 aromatic carbocycles. The van der Waals surface area contributed by atoms with Crippen LogP contribution in [0.2, 0.25) is 5.02 Å². The number of fused-ring (bicyclic) bond motifs is 6. The Morgan fingerprint density at radius 3 is 2.20 bits per heavy atom. The number of nitrogens with zero attached hydrogens (tertiary/aromatic N) is 4. The highest BCUT2D eigenvalue weighted by Crippen LogP contribution is 2.30. The Kier molecular flexibility index (Phi) is 12.9. The van der Waals surface area contributed by atoms with Gasteiger partial charge in [-0.25, -0.2) is 27.3 Å². The minimum absolute atomic E-state index is 0.00106. The SMILES string of the molecule is CS(=O)(=O)N1CCC(CC(=O)Nc2ccc3cc2CCc2cncc(c2)Nc2ncc(Cl)c(n2)N3)C1.O=C(O)C(F)(F)F.O=C(O)C(F)(F)F. The fourth-order valence-corrected chi connectivity index (χ4v) is 5.54. The number of sulfonamides is 1. The van der Waals surface area contributed by atoms with Crippen molar-refractivity contribution >= 4 is 68.3 Å². The number of amides is 1. The third kappa shape index (κ3) is 12.3. The Hall–Kier alpha value is -4.76. The number of carbonyl (C=O) groups is 3. The highest BCUT2D eigenvalue weighted by atomic mass is 35.5. The zero-order valence-corrected chi connectivity index (χ0v) is 27.2. The first-order valence-corrected chi connectivity index (χ1v) is 16.3. The summed E-state index contributed by atoms with van der Waals surface area (Å²) in [6, 6.07) is 7.67. The van der Waals surface area contributed by atoms with Gasteiger partial charge in [0.05, 0.1) is 24.3 Å². The van der Waals surface area contributed by atoms with Gasteiger partial charge in [-0.05, 0) is 60.6 Å². The van der Waals surface area contributed by atoms with Crippen molar-refractivity contribution in [3.05, 3.63) is 59.0 Å². The molecule has 2 aliphatic rings. The molecule has 22 heteroatoms. The van der Waals surface area contributed by atoms with Crippen LogP contribution in [0.3, 0.4) is 0 Å². The van der Waals surface area contributed by atoms with E-state index < -0.39 is 34.3 Å². The van der Waals surface area contributed by atoms with Gasteiger partial charge in [0.15, 0.2) is 5.82 Å². The predicted octanol–water partition coefficient (Wildman–Crippen LogP) is 4.99. The van der Waals surface area contributed by atoms with Gasteiger partial charge in [0.1, 0.15) is 5.02 Å². The summed E-state index contributed by atoms with van der Waals surface area (Å²) in [6.07, 6.45) is -1.61. The number of aliphatic carboxylic acids is 2. The zero-order chi connectivity index (χ0) is 37.4. The first kappa shape index (κ1) is 39.7. The van der Waals surface area contributed by atoms with Crippen LogP contribution in [-0.2, 0) is 37.2 Å². The van der Waals surface area contributed by atoms with Gasteiger partial charge < -0.3 is 26.2 Å². The van der Waals surface area contributed by atoms with Crippen molar-refractivity contribution in [2.24, 2.45) is 5.92 Å². The molecule has 1 atom stereocenters. The molecule has 2 aromatic heterocycles. The third-order valence-corrected chi connectivity index (χ3v) is 8.34. The molecule has 5 N–H and O–H groups in total. The average Bonchev–Trinajstić information content (AvgIpc) is 3.47. The molecule has 1 unspecified atom stereocenters. The average molecular weight is 756 g/mol. The number of aryl methyl sites for hydroxylation is 2. The lowest BCUT2D eigenvalue weighted by Gasteiger charge is -2.16. The number of benzene rings is 1. The number of alkyl halides is 6. The fraction of sp³-hybridized carbons (Fsp3) is 0.357. The predicted molar refractivity (Wildman–Crippen MR) is 167 cm³/mol. The molecule has 0 spiro atoms. The van der Waals surface area contributed by atoms with Crippen LogP contribution < -0.4 is 16.0 Å². The normalized spacial score (nSPS) is 15.9. The highest BCUT2D eigenvalue weighted by Gasteiger charge is 2.39. The maximum absolute atomic E-state index is 12.9. The van der Waals surface area contributed by atoms with Gasteiger partial charge in [0.2, 0.25) is 21.9 Å². The number of carboxylic acids is 2. The topological polar surface area (TPSA) is 204 Å². The van der Waals surface area contributed by atoms with Crippen LogP contribution in [0, 0.1) is 5.92 Å². The summed E-state index contributed by atoms with van der Waals surface area (Å²) >= 11 is 6.33. The molecule has 1 saturated heterocycles. The Labute approximate surface area is 284 Å². The largest absolute Gasteiger partial charge is 0.490 e. The van der Waals surface area contributed by atoms with Crippen LogP contribution in [0.4, 0.5) is 55.2 Å². The number of anilines is 5. The maximum Gasteiger partial charge on any atom is 0.490 e. The molecule has 0 saturated carbocycles. The van der Waals surface area contributed by atoms with Crippen LogP contribution in [0.5, 0.6) is 0 Å². The molecular weight excluding hydrogens is 728 g/mol. The summed E-state index contributed by atoms with van der Waals surface area (Å²) in [4.78, 5) is 43.7. The Morgan fingerprint density at radius 2 is 1.62 bits per heavy atom. The van der Waals surface area contributed by atoms with Crippen molar-refractivity contribution in [2.75, 3.05) is 35.3 Å². The number of aromatic nitrogens is 3. The molecule has 5 rings (SSSR count). The highest BCUT2D eigenvalue weighted by molar-refractivity contribution is 7.88. The Bertz CT molecular complexity index is 1810. The van der Waals surface area contributed by atoms with Crippen molar-refractivity contribution in [1.29, 1.82) is 0 Å². The number of pyridine rings is 1. The minimum atomic E-state index is -5.08. The number of nitrogens with one attached hydrogen (secondary N) is 3. The third-order valence-electron chi connectivity index (χ3n) is 6.80. The van der Waals surface area contributed by atoms with Crippen molar-refractivity contribution in [3.8, 4) is 0 Å². The summed E-state index contributed by atoms with van der Waals surface area (Å²) in [5, 5.41) is 24.1. The van der Waals surface area contributed by atoms with Crippen LogP contribution in [-0.4, -0.2) is 87.4 Å². The first-order chi connectivity index (χ1) is 23.1. The molecule has 272 valence electrons. The number of carbonyl (C=O) groups excluding carboxylic acids is 1. The summed E-state index contributed by atoms with van der Waals surface area (Å²) in [7, 11) is -3.24. The van der Waals surface area contributed by atoms with Gasteiger partial charge in [-0.15, -0.1) is 0 Å². The van der Waals surface area contributed by atoms with Crippen molar-refractivity contribution in [3.63, 3.8) is 0 Å². The summed E-state index contributed by atoms with van der Waals surface area (Å²) in [5.41, 5.74) is 4.23. The van der Waals surface area contributed by atoms with Crippen LogP contribution >= 0.6 is 11.6 Å². The molecule has 50 heavy (non-hydrogen) atoms. The number of rotatable bonds is 4. The second kappa shape index (κ2) is 16.3. The van der Waals surface area contributed by atoms with E-state index in [2.05, 4.69) is 30.9 Å². The zero-order valence-electron chi connectivity index (χ0n) is 25.6. The summed E-state index contributed by atoms with van der Waals surface area (Å²) < 4.78 is 88.5. The van der Waals surface area contributed by atoms with E-state index in [1.165, 1.54) is 16.8 Å². The maximum atomic E-state index is 12.9. The summed E-state index contributed by atoms with van der Waals surface area (Å²) in [5.74, 6) is -4.80. The molecule has 14 nitrogen and oxygen atoms in total. The van der Waals surface area contributed by atoms with E-state index in [9.17, 15) is 39.6 Å². The summed E-state index contributed by atoms with van der Waals surface area (Å²) in [6.45, 7) is 0.832. The van der Waals surface area contributed by atoms with Gasteiger partial charge in [0, 0.05) is 37.1 Å². The lowest BCUT2D eigenvalue weighted by molar-refractivity contribution is -0.193. The van der Waals surface area contributed by atoms with E-state index >= 15 is 0 Å². The minimum Gasteiger partial charge on any atom is -0.475 e. The van der Waals surface area contributed by atoms with Gasteiger partial charge in [0.25, 0.3) is 0 Å². The molecule has 0 aliphatic carbocycles. The fourth-order valence-electron chi connectivity index (χ4n) is 4.48. The van der Waals surface area contributed by atoms with E-state index in [1.807, 2.05) is 30.5 Å². The first-order valence-electron chi connectivity index (χ1n) is 14.1. The van der Waals surface area contributed by atoms with Crippen LogP contribution in [0.15, 0.2) is 42.9 Å². The molecule has 1 amide bonds. The van der Waals surface area contributed by atoms with E-state index in [0.717, 1.165) is 28.2 Å². The van der Waals surface area contributed by atoms with Crippen molar-refractivity contribution in [2.45, 2.75) is 38.0 Å². The number of halogens is 7. The molecule has 1 fully saturated rings. The smallest absolute Gasteiger partial charge is 0.475 e. The van der Waals surface area contributed by atoms with Gasteiger partial charge >= 0.3 is 24.3 Å². The lowest BCUT2D eigenvalue weighted by Crippen LogP contribution is -2.28.